The SMILES string of the molecule is Cc1[nH]nc(-c2ccc(S(N)(=O)=O)cc2)c1-c1ccc(F)cc1. The average molecular weight is 331 g/mol. The van der Waals surface area contributed by atoms with Crippen LogP contribution in [0.5, 0.6) is 0 Å². The predicted molar refractivity (Wildman–Crippen MR) is 85.5 cm³/mol. The van der Waals surface area contributed by atoms with E-state index in [1.807, 2.05) is 6.92 Å². The van der Waals surface area contributed by atoms with E-state index in [1.165, 1.54) is 24.3 Å². The second-order valence-corrected chi connectivity index (χ2v) is 6.71. The summed E-state index contributed by atoms with van der Waals surface area (Å²) in [6, 6.07) is 12.3. The average Bonchev–Trinajstić information content (AvgIpc) is 2.89. The van der Waals surface area contributed by atoms with Crippen molar-refractivity contribution < 1.29 is 12.8 Å². The lowest BCUT2D eigenvalue weighted by molar-refractivity contribution is 0.598. The third-order valence-electron chi connectivity index (χ3n) is 3.54. The summed E-state index contributed by atoms with van der Waals surface area (Å²) in [6.07, 6.45) is 0. The Morgan fingerprint density at radius 2 is 1.57 bits per heavy atom. The minimum Gasteiger partial charge on any atom is -0.282 e. The first kappa shape index (κ1) is 15.4. The molecule has 0 bridgehead atoms. The van der Waals surface area contributed by atoms with Gasteiger partial charge < -0.3 is 0 Å². The number of primary sulfonamides is 1. The molecule has 5 nitrogen and oxygen atoms in total. The zero-order valence-electron chi connectivity index (χ0n) is 12.2. The lowest BCUT2D eigenvalue weighted by atomic mass is 9.99. The molecule has 0 spiro atoms. The van der Waals surface area contributed by atoms with Crippen molar-refractivity contribution in [3.8, 4) is 22.4 Å². The van der Waals surface area contributed by atoms with Gasteiger partial charge in [-0.2, -0.15) is 5.10 Å². The number of nitrogens with zero attached hydrogens (tertiary/aromatic N) is 1. The van der Waals surface area contributed by atoms with E-state index in [0.29, 0.717) is 5.69 Å². The van der Waals surface area contributed by atoms with Crippen molar-refractivity contribution in [3.05, 3.63) is 60.0 Å². The molecule has 2 aromatic carbocycles. The molecule has 0 aliphatic heterocycles. The van der Waals surface area contributed by atoms with Crippen molar-refractivity contribution in [1.29, 1.82) is 0 Å². The van der Waals surface area contributed by atoms with Crippen LogP contribution in [-0.2, 0) is 10.0 Å². The fraction of sp³-hybridized carbons (Fsp3) is 0.0625. The minimum atomic E-state index is -3.73. The van der Waals surface area contributed by atoms with Crippen LogP contribution in [0.3, 0.4) is 0 Å². The monoisotopic (exact) mass is 331 g/mol. The molecule has 3 rings (SSSR count). The van der Waals surface area contributed by atoms with Crippen molar-refractivity contribution in [2.45, 2.75) is 11.8 Å². The van der Waals surface area contributed by atoms with Gasteiger partial charge in [0.15, 0.2) is 0 Å². The van der Waals surface area contributed by atoms with Crippen LogP contribution in [0.4, 0.5) is 4.39 Å². The van der Waals surface area contributed by atoms with Gasteiger partial charge in [0.05, 0.1) is 4.90 Å². The van der Waals surface area contributed by atoms with Crippen LogP contribution in [0.2, 0.25) is 0 Å². The van der Waals surface area contributed by atoms with Gasteiger partial charge >= 0.3 is 0 Å². The first-order valence-electron chi connectivity index (χ1n) is 6.80. The number of rotatable bonds is 3. The van der Waals surface area contributed by atoms with Crippen molar-refractivity contribution in [1.82, 2.24) is 10.2 Å². The molecule has 0 saturated heterocycles. The van der Waals surface area contributed by atoms with Crippen LogP contribution in [0.15, 0.2) is 53.4 Å². The zero-order valence-corrected chi connectivity index (χ0v) is 13.1. The van der Waals surface area contributed by atoms with Gasteiger partial charge in [-0.1, -0.05) is 24.3 Å². The van der Waals surface area contributed by atoms with Crippen LogP contribution < -0.4 is 5.14 Å². The maximum Gasteiger partial charge on any atom is 0.238 e. The summed E-state index contributed by atoms with van der Waals surface area (Å²) in [5.74, 6) is -0.311. The van der Waals surface area contributed by atoms with Gasteiger partial charge in [0.25, 0.3) is 0 Å². The lowest BCUT2D eigenvalue weighted by Crippen LogP contribution is -2.11. The van der Waals surface area contributed by atoms with Crippen molar-refractivity contribution in [2.24, 2.45) is 5.14 Å². The number of nitrogens with two attached hydrogens (primary N) is 1. The van der Waals surface area contributed by atoms with E-state index in [4.69, 9.17) is 5.14 Å². The normalized spacial score (nSPS) is 11.6. The number of aromatic amines is 1. The van der Waals surface area contributed by atoms with E-state index >= 15 is 0 Å². The number of aryl methyl sites for hydroxylation is 1. The number of hydrogen-bond acceptors (Lipinski definition) is 3. The summed E-state index contributed by atoms with van der Waals surface area (Å²) in [7, 11) is -3.73. The third-order valence-corrected chi connectivity index (χ3v) is 4.47. The number of nitrogens with one attached hydrogen (secondary N) is 1. The highest BCUT2D eigenvalue weighted by Crippen LogP contribution is 2.33. The van der Waals surface area contributed by atoms with E-state index < -0.39 is 10.0 Å². The highest BCUT2D eigenvalue weighted by molar-refractivity contribution is 7.89. The molecule has 0 radical (unpaired) electrons. The Morgan fingerprint density at radius 3 is 2.13 bits per heavy atom. The third kappa shape index (κ3) is 3.01. The zero-order chi connectivity index (χ0) is 16.6. The maximum absolute atomic E-state index is 13.1. The predicted octanol–water partition coefficient (Wildman–Crippen LogP) is 2.84. The van der Waals surface area contributed by atoms with Crippen LogP contribution in [0.1, 0.15) is 5.69 Å². The van der Waals surface area contributed by atoms with Gasteiger partial charge in [-0.15, -0.1) is 0 Å². The number of H-pyrrole nitrogens is 1. The highest BCUT2D eigenvalue weighted by Gasteiger charge is 2.15. The summed E-state index contributed by atoms with van der Waals surface area (Å²) in [5.41, 5.74) is 3.90. The van der Waals surface area contributed by atoms with Crippen molar-refractivity contribution in [3.63, 3.8) is 0 Å². The standard InChI is InChI=1S/C16H14FN3O2S/c1-10-15(11-2-6-13(17)7-3-11)16(20-19-10)12-4-8-14(9-5-12)23(18,21)22/h2-9H,1H3,(H,19,20)(H2,18,21,22). The molecule has 1 aromatic heterocycles. The second-order valence-electron chi connectivity index (χ2n) is 5.15. The van der Waals surface area contributed by atoms with E-state index in [-0.39, 0.29) is 10.7 Å². The molecule has 0 fully saturated rings. The van der Waals surface area contributed by atoms with Crippen LogP contribution in [0, 0.1) is 12.7 Å². The Labute approximate surface area is 133 Å². The summed E-state index contributed by atoms with van der Waals surface area (Å²) in [4.78, 5) is 0.0387. The molecule has 3 N–H and O–H groups in total. The van der Waals surface area contributed by atoms with Gasteiger partial charge in [-0.05, 0) is 36.8 Å². The number of benzene rings is 2. The Hall–Kier alpha value is -2.51. The van der Waals surface area contributed by atoms with Gasteiger partial charge in [0, 0.05) is 16.8 Å². The van der Waals surface area contributed by atoms with E-state index in [1.54, 1.807) is 24.3 Å². The van der Waals surface area contributed by atoms with Crippen LogP contribution >= 0.6 is 0 Å². The Morgan fingerprint density at radius 1 is 1.00 bits per heavy atom. The number of hydrogen-bond donors (Lipinski definition) is 2. The van der Waals surface area contributed by atoms with Crippen LogP contribution in [-0.4, -0.2) is 18.6 Å². The topological polar surface area (TPSA) is 88.8 Å². The molecule has 7 heteroatoms. The largest absolute Gasteiger partial charge is 0.282 e. The fourth-order valence-electron chi connectivity index (χ4n) is 2.41. The first-order valence-corrected chi connectivity index (χ1v) is 8.35. The van der Waals surface area contributed by atoms with E-state index in [2.05, 4.69) is 10.2 Å². The molecular formula is C16H14FN3O2S. The van der Waals surface area contributed by atoms with Crippen LogP contribution in [0.25, 0.3) is 22.4 Å². The molecule has 3 aromatic rings. The molecule has 118 valence electrons. The molecular weight excluding hydrogens is 317 g/mol. The molecule has 0 aliphatic carbocycles. The molecule has 23 heavy (non-hydrogen) atoms. The lowest BCUT2D eigenvalue weighted by Gasteiger charge is -2.05. The van der Waals surface area contributed by atoms with Gasteiger partial charge in [-0.25, -0.2) is 17.9 Å². The highest BCUT2D eigenvalue weighted by atomic mass is 32.2. The Balaban J connectivity index is 2.10. The van der Waals surface area contributed by atoms with E-state index in [0.717, 1.165) is 22.4 Å². The Kier molecular flexibility index (Phi) is 3.75. The molecule has 1 heterocycles. The smallest absolute Gasteiger partial charge is 0.238 e. The molecule has 0 unspecified atom stereocenters. The Bertz CT molecular complexity index is 946. The molecule has 0 aliphatic rings. The first-order chi connectivity index (χ1) is 10.9. The summed E-state index contributed by atoms with van der Waals surface area (Å²) < 4.78 is 35.8. The molecule has 0 amide bonds. The number of aromatic nitrogens is 2. The fourth-order valence-corrected chi connectivity index (χ4v) is 2.93. The number of halogens is 1. The number of sulfonamides is 1. The van der Waals surface area contributed by atoms with Crippen molar-refractivity contribution in [2.75, 3.05) is 0 Å². The molecule has 0 atom stereocenters. The quantitative estimate of drug-likeness (QED) is 0.773. The molecule has 0 saturated carbocycles. The van der Waals surface area contributed by atoms with E-state index in [9.17, 15) is 12.8 Å². The maximum atomic E-state index is 13.1. The summed E-state index contributed by atoms with van der Waals surface area (Å²) >= 11 is 0. The minimum absolute atomic E-state index is 0.0387. The summed E-state index contributed by atoms with van der Waals surface area (Å²) in [5, 5.41) is 12.3. The van der Waals surface area contributed by atoms with Gasteiger partial charge in [0.2, 0.25) is 10.0 Å². The van der Waals surface area contributed by atoms with Gasteiger partial charge in [-0.3, -0.25) is 5.10 Å². The van der Waals surface area contributed by atoms with Gasteiger partial charge in [0.1, 0.15) is 11.5 Å². The summed E-state index contributed by atoms with van der Waals surface area (Å²) in [6.45, 7) is 1.87. The second kappa shape index (κ2) is 5.60. The van der Waals surface area contributed by atoms with Crippen molar-refractivity contribution >= 4 is 10.0 Å².